The number of amides is 2. The lowest BCUT2D eigenvalue weighted by atomic mass is 9.89. The van der Waals surface area contributed by atoms with Gasteiger partial charge in [0.1, 0.15) is 11.6 Å². The topological polar surface area (TPSA) is 49.4 Å². The van der Waals surface area contributed by atoms with E-state index in [9.17, 15) is 9.59 Å². The van der Waals surface area contributed by atoms with Gasteiger partial charge in [-0.05, 0) is 60.7 Å². The number of carbonyl (C=O) groups excluding carboxylic acids is 2. The summed E-state index contributed by atoms with van der Waals surface area (Å²) in [4.78, 5) is 27.8. The van der Waals surface area contributed by atoms with Crippen molar-refractivity contribution in [3.05, 3.63) is 20.8 Å². The standard InChI is InChI=1S/C14H17BrN2O2S/c1-8-12(18)16-14(2,9-3-4-9)13(19)17(8)7-10-5-6-11(15)20-10/h5-6,8-9H,3-4,7H2,1-2H3,(H,16,18). The minimum atomic E-state index is -0.710. The van der Waals surface area contributed by atoms with E-state index in [-0.39, 0.29) is 11.8 Å². The molecule has 20 heavy (non-hydrogen) atoms. The second-order valence-corrected chi connectivity index (χ2v) is 8.33. The largest absolute Gasteiger partial charge is 0.340 e. The maximum absolute atomic E-state index is 12.8. The highest BCUT2D eigenvalue weighted by Gasteiger charge is 2.54. The lowest BCUT2D eigenvalue weighted by molar-refractivity contribution is -0.155. The van der Waals surface area contributed by atoms with Gasteiger partial charge in [-0.15, -0.1) is 11.3 Å². The van der Waals surface area contributed by atoms with Crippen LogP contribution in [0.5, 0.6) is 0 Å². The number of rotatable bonds is 3. The average Bonchev–Trinajstić information content (AvgIpc) is 3.17. The van der Waals surface area contributed by atoms with Crippen LogP contribution in [0.4, 0.5) is 0 Å². The molecule has 0 radical (unpaired) electrons. The van der Waals surface area contributed by atoms with Crippen LogP contribution >= 0.6 is 27.3 Å². The average molecular weight is 357 g/mol. The number of hydrogen-bond donors (Lipinski definition) is 1. The first-order valence-corrected chi connectivity index (χ1v) is 8.40. The third-order valence-corrected chi connectivity index (χ3v) is 5.89. The number of carbonyl (C=O) groups is 2. The number of hydrogen-bond acceptors (Lipinski definition) is 3. The molecule has 1 saturated carbocycles. The van der Waals surface area contributed by atoms with Gasteiger partial charge in [0.25, 0.3) is 0 Å². The molecule has 3 rings (SSSR count). The molecule has 2 fully saturated rings. The van der Waals surface area contributed by atoms with Crippen molar-refractivity contribution in [2.45, 2.75) is 44.8 Å². The van der Waals surface area contributed by atoms with Crippen LogP contribution in [0.15, 0.2) is 15.9 Å². The number of nitrogens with zero attached hydrogens (tertiary/aromatic N) is 1. The van der Waals surface area contributed by atoms with E-state index in [2.05, 4.69) is 21.2 Å². The first kappa shape index (κ1) is 14.1. The van der Waals surface area contributed by atoms with E-state index in [1.54, 1.807) is 23.2 Å². The molecule has 1 aromatic heterocycles. The van der Waals surface area contributed by atoms with Crippen LogP contribution in [-0.2, 0) is 16.1 Å². The van der Waals surface area contributed by atoms with Gasteiger partial charge < -0.3 is 10.2 Å². The van der Waals surface area contributed by atoms with E-state index in [4.69, 9.17) is 0 Å². The maximum Gasteiger partial charge on any atom is 0.249 e. The Bertz CT molecular complexity index is 569. The number of thiophene rings is 1. The summed E-state index contributed by atoms with van der Waals surface area (Å²) in [5, 5.41) is 2.94. The molecular weight excluding hydrogens is 340 g/mol. The lowest BCUT2D eigenvalue weighted by Gasteiger charge is -2.43. The molecule has 2 unspecified atom stereocenters. The van der Waals surface area contributed by atoms with Crippen molar-refractivity contribution < 1.29 is 9.59 Å². The summed E-state index contributed by atoms with van der Waals surface area (Å²) < 4.78 is 1.04. The van der Waals surface area contributed by atoms with E-state index in [0.29, 0.717) is 12.5 Å². The van der Waals surface area contributed by atoms with Gasteiger partial charge in [0, 0.05) is 4.88 Å². The first-order chi connectivity index (χ1) is 9.41. The summed E-state index contributed by atoms with van der Waals surface area (Å²) in [6.07, 6.45) is 2.05. The highest BCUT2D eigenvalue weighted by atomic mass is 79.9. The van der Waals surface area contributed by atoms with Gasteiger partial charge in [0.05, 0.1) is 10.3 Å². The van der Waals surface area contributed by atoms with Gasteiger partial charge >= 0.3 is 0 Å². The maximum atomic E-state index is 12.8. The van der Waals surface area contributed by atoms with Crippen LogP contribution in [-0.4, -0.2) is 28.3 Å². The Morgan fingerprint density at radius 1 is 1.45 bits per heavy atom. The van der Waals surface area contributed by atoms with Crippen LogP contribution in [0.3, 0.4) is 0 Å². The summed E-state index contributed by atoms with van der Waals surface area (Å²) in [6.45, 7) is 4.17. The van der Waals surface area contributed by atoms with Crippen LogP contribution < -0.4 is 5.32 Å². The monoisotopic (exact) mass is 356 g/mol. The van der Waals surface area contributed by atoms with E-state index in [0.717, 1.165) is 21.5 Å². The Kier molecular flexibility index (Phi) is 3.41. The molecule has 2 amide bonds. The molecule has 2 heterocycles. The molecule has 0 spiro atoms. The van der Waals surface area contributed by atoms with Gasteiger partial charge in [-0.2, -0.15) is 0 Å². The summed E-state index contributed by atoms with van der Waals surface area (Å²) in [6, 6.07) is 3.56. The molecule has 108 valence electrons. The van der Waals surface area contributed by atoms with Gasteiger partial charge in [0.15, 0.2) is 0 Å². The summed E-state index contributed by atoms with van der Waals surface area (Å²) in [5.41, 5.74) is -0.710. The highest BCUT2D eigenvalue weighted by molar-refractivity contribution is 9.11. The quantitative estimate of drug-likeness (QED) is 0.904. The van der Waals surface area contributed by atoms with Gasteiger partial charge in [0.2, 0.25) is 11.8 Å². The smallest absolute Gasteiger partial charge is 0.249 e. The number of nitrogens with one attached hydrogen (secondary N) is 1. The van der Waals surface area contributed by atoms with E-state index < -0.39 is 11.6 Å². The van der Waals surface area contributed by atoms with Crippen molar-refractivity contribution >= 4 is 39.1 Å². The normalized spacial score (nSPS) is 30.6. The van der Waals surface area contributed by atoms with Gasteiger partial charge in [-0.25, -0.2) is 0 Å². The Hall–Kier alpha value is -0.880. The second-order valence-electron chi connectivity index (χ2n) is 5.78. The highest BCUT2D eigenvalue weighted by Crippen LogP contribution is 2.42. The first-order valence-electron chi connectivity index (χ1n) is 6.79. The molecule has 1 saturated heterocycles. The lowest BCUT2D eigenvalue weighted by Crippen LogP contribution is -2.69. The Morgan fingerprint density at radius 2 is 2.15 bits per heavy atom. The van der Waals surface area contributed by atoms with Crippen molar-refractivity contribution in [1.29, 1.82) is 0 Å². The Morgan fingerprint density at radius 3 is 2.70 bits per heavy atom. The number of piperazine rings is 1. The fourth-order valence-electron chi connectivity index (χ4n) is 2.78. The van der Waals surface area contributed by atoms with Crippen molar-refractivity contribution in [3.8, 4) is 0 Å². The molecule has 1 N–H and O–H groups in total. The summed E-state index contributed by atoms with van der Waals surface area (Å²) >= 11 is 5.03. The van der Waals surface area contributed by atoms with Crippen molar-refractivity contribution in [1.82, 2.24) is 10.2 Å². The minimum Gasteiger partial charge on any atom is -0.340 e. The molecule has 1 aliphatic heterocycles. The molecule has 1 aliphatic carbocycles. The number of halogens is 1. The summed E-state index contributed by atoms with van der Waals surface area (Å²) in [7, 11) is 0. The zero-order valence-electron chi connectivity index (χ0n) is 11.5. The molecule has 6 heteroatoms. The second kappa shape index (κ2) is 4.84. The van der Waals surface area contributed by atoms with Crippen LogP contribution in [0.2, 0.25) is 0 Å². The van der Waals surface area contributed by atoms with Crippen LogP contribution in [0, 0.1) is 5.92 Å². The SMILES string of the molecule is CC1C(=O)NC(C)(C2CC2)C(=O)N1Cc1ccc(Br)s1. The van der Waals surface area contributed by atoms with E-state index in [1.165, 1.54) is 0 Å². The van der Waals surface area contributed by atoms with Crippen molar-refractivity contribution in [3.63, 3.8) is 0 Å². The predicted octanol–water partition coefficient (Wildman–Crippen LogP) is 2.53. The predicted molar refractivity (Wildman–Crippen MR) is 81.3 cm³/mol. The van der Waals surface area contributed by atoms with Gasteiger partial charge in [-0.3, -0.25) is 9.59 Å². The Labute approximate surface area is 130 Å². The van der Waals surface area contributed by atoms with E-state index >= 15 is 0 Å². The summed E-state index contributed by atoms with van der Waals surface area (Å²) in [5.74, 6) is 0.301. The molecular formula is C14H17BrN2O2S. The minimum absolute atomic E-state index is 0.0466. The third-order valence-electron chi connectivity index (χ3n) is 4.28. The molecule has 0 bridgehead atoms. The van der Waals surface area contributed by atoms with Crippen LogP contribution in [0.1, 0.15) is 31.6 Å². The zero-order valence-corrected chi connectivity index (χ0v) is 13.9. The fraction of sp³-hybridized carbons (Fsp3) is 0.571. The van der Waals surface area contributed by atoms with Crippen molar-refractivity contribution in [2.24, 2.45) is 5.92 Å². The molecule has 2 aliphatic rings. The van der Waals surface area contributed by atoms with Crippen molar-refractivity contribution in [2.75, 3.05) is 0 Å². The molecule has 0 aromatic carbocycles. The molecule has 1 aromatic rings. The third kappa shape index (κ3) is 2.29. The molecule has 2 atom stereocenters. The van der Waals surface area contributed by atoms with Crippen LogP contribution in [0.25, 0.3) is 0 Å². The van der Waals surface area contributed by atoms with Gasteiger partial charge in [-0.1, -0.05) is 0 Å². The molecule has 4 nitrogen and oxygen atoms in total. The van der Waals surface area contributed by atoms with E-state index in [1.807, 2.05) is 19.1 Å². The fourth-order valence-corrected chi connectivity index (χ4v) is 4.26. The Balaban J connectivity index is 1.86. The zero-order chi connectivity index (χ0) is 14.5.